The Morgan fingerprint density at radius 2 is 1.86 bits per heavy atom. The SMILES string of the molecule is CCC1(CC)CN(C2CCCC(C)(C)C2)C(C(C)C)CN1. The Morgan fingerprint density at radius 3 is 2.38 bits per heavy atom. The van der Waals surface area contributed by atoms with Gasteiger partial charge in [-0.05, 0) is 43.4 Å². The van der Waals surface area contributed by atoms with Gasteiger partial charge in [-0.3, -0.25) is 4.90 Å². The van der Waals surface area contributed by atoms with E-state index >= 15 is 0 Å². The standard InChI is InChI=1S/C19H38N2/c1-7-19(8-2)14-21(17(13-20-19)15(3)4)16-10-9-11-18(5,6)12-16/h15-17,20H,7-14H2,1-6H3. The second kappa shape index (κ2) is 6.58. The monoisotopic (exact) mass is 294 g/mol. The van der Waals surface area contributed by atoms with Crippen LogP contribution in [0, 0.1) is 11.3 Å². The molecule has 1 aliphatic carbocycles. The predicted molar refractivity (Wildman–Crippen MR) is 92.7 cm³/mol. The highest BCUT2D eigenvalue weighted by Gasteiger charge is 2.42. The maximum absolute atomic E-state index is 3.91. The van der Waals surface area contributed by atoms with Crippen molar-refractivity contribution in [3.8, 4) is 0 Å². The fourth-order valence-corrected chi connectivity index (χ4v) is 4.64. The van der Waals surface area contributed by atoms with Crippen LogP contribution in [0.3, 0.4) is 0 Å². The summed E-state index contributed by atoms with van der Waals surface area (Å²) >= 11 is 0. The third-order valence-corrected chi connectivity index (χ3v) is 6.37. The van der Waals surface area contributed by atoms with E-state index in [-0.39, 0.29) is 0 Å². The van der Waals surface area contributed by atoms with Crippen molar-refractivity contribution in [1.82, 2.24) is 10.2 Å². The minimum atomic E-state index is 0.354. The van der Waals surface area contributed by atoms with Crippen molar-refractivity contribution in [2.45, 2.75) is 97.7 Å². The molecule has 2 aliphatic rings. The highest BCUT2D eigenvalue weighted by Crippen LogP contribution is 2.40. The first-order valence-corrected chi connectivity index (χ1v) is 9.33. The van der Waals surface area contributed by atoms with Gasteiger partial charge >= 0.3 is 0 Å². The van der Waals surface area contributed by atoms with Crippen LogP contribution in [-0.2, 0) is 0 Å². The number of nitrogens with zero attached hydrogens (tertiary/aromatic N) is 1. The number of hydrogen-bond donors (Lipinski definition) is 1. The molecule has 1 heterocycles. The fraction of sp³-hybridized carbons (Fsp3) is 1.00. The van der Waals surface area contributed by atoms with Gasteiger partial charge in [-0.15, -0.1) is 0 Å². The van der Waals surface area contributed by atoms with Crippen LogP contribution in [0.25, 0.3) is 0 Å². The molecule has 0 bridgehead atoms. The second-order valence-electron chi connectivity index (χ2n) is 8.77. The molecule has 2 fully saturated rings. The molecule has 124 valence electrons. The molecule has 1 aliphatic heterocycles. The van der Waals surface area contributed by atoms with Gasteiger partial charge in [-0.1, -0.05) is 48.0 Å². The molecule has 1 N–H and O–H groups in total. The summed E-state index contributed by atoms with van der Waals surface area (Å²) in [5.41, 5.74) is 0.892. The summed E-state index contributed by atoms with van der Waals surface area (Å²) in [6, 6.07) is 1.52. The highest BCUT2D eigenvalue weighted by atomic mass is 15.3. The molecular weight excluding hydrogens is 256 g/mol. The number of hydrogen-bond acceptors (Lipinski definition) is 2. The largest absolute Gasteiger partial charge is 0.308 e. The molecule has 0 amide bonds. The predicted octanol–water partition coefficient (Wildman–Crippen LogP) is 4.44. The van der Waals surface area contributed by atoms with Crippen molar-refractivity contribution < 1.29 is 0 Å². The molecule has 0 radical (unpaired) electrons. The second-order valence-corrected chi connectivity index (χ2v) is 8.77. The highest BCUT2D eigenvalue weighted by molar-refractivity contribution is 5.01. The van der Waals surface area contributed by atoms with Gasteiger partial charge in [0.15, 0.2) is 0 Å². The molecule has 1 saturated carbocycles. The fourth-order valence-electron chi connectivity index (χ4n) is 4.64. The summed E-state index contributed by atoms with van der Waals surface area (Å²) in [5.74, 6) is 0.745. The normalized spacial score (nSPS) is 33.3. The maximum atomic E-state index is 3.91. The third-order valence-electron chi connectivity index (χ3n) is 6.37. The summed E-state index contributed by atoms with van der Waals surface area (Å²) in [5, 5.41) is 3.91. The summed E-state index contributed by atoms with van der Waals surface area (Å²) < 4.78 is 0. The molecule has 21 heavy (non-hydrogen) atoms. The lowest BCUT2D eigenvalue weighted by Gasteiger charge is -2.54. The molecule has 2 nitrogen and oxygen atoms in total. The van der Waals surface area contributed by atoms with E-state index in [4.69, 9.17) is 0 Å². The molecule has 0 aromatic heterocycles. The van der Waals surface area contributed by atoms with Gasteiger partial charge < -0.3 is 5.32 Å². The van der Waals surface area contributed by atoms with Crippen molar-refractivity contribution in [3.63, 3.8) is 0 Å². The Bertz CT molecular complexity index is 330. The Balaban J connectivity index is 2.17. The first kappa shape index (κ1) is 17.3. The van der Waals surface area contributed by atoms with Gasteiger partial charge in [-0.25, -0.2) is 0 Å². The van der Waals surface area contributed by atoms with Crippen LogP contribution in [0.1, 0.15) is 80.1 Å². The molecule has 0 spiro atoms. The van der Waals surface area contributed by atoms with E-state index in [1.807, 2.05) is 0 Å². The Labute approximate surface area is 133 Å². The van der Waals surface area contributed by atoms with Crippen LogP contribution in [0.15, 0.2) is 0 Å². The zero-order chi connectivity index (χ0) is 15.7. The molecular formula is C19H38N2. The van der Waals surface area contributed by atoms with Gasteiger partial charge in [0.25, 0.3) is 0 Å². The Hall–Kier alpha value is -0.0800. The van der Waals surface area contributed by atoms with Gasteiger partial charge in [0, 0.05) is 30.7 Å². The van der Waals surface area contributed by atoms with E-state index in [0.29, 0.717) is 11.0 Å². The van der Waals surface area contributed by atoms with Crippen LogP contribution in [-0.4, -0.2) is 35.6 Å². The van der Waals surface area contributed by atoms with Gasteiger partial charge in [0.2, 0.25) is 0 Å². The number of nitrogens with one attached hydrogen (secondary N) is 1. The van der Waals surface area contributed by atoms with E-state index in [1.165, 1.54) is 51.6 Å². The van der Waals surface area contributed by atoms with E-state index in [1.54, 1.807) is 0 Å². The molecule has 2 unspecified atom stereocenters. The molecule has 2 atom stereocenters. The van der Waals surface area contributed by atoms with Crippen LogP contribution in [0.2, 0.25) is 0 Å². The molecule has 2 rings (SSSR count). The van der Waals surface area contributed by atoms with Crippen LogP contribution in [0.4, 0.5) is 0 Å². The molecule has 0 aromatic carbocycles. The summed E-state index contributed by atoms with van der Waals surface area (Å²) in [6.45, 7) is 16.9. The van der Waals surface area contributed by atoms with Crippen LogP contribution < -0.4 is 5.32 Å². The van der Waals surface area contributed by atoms with Crippen molar-refractivity contribution in [3.05, 3.63) is 0 Å². The summed E-state index contributed by atoms with van der Waals surface area (Å²) in [4.78, 5) is 2.91. The average molecular weight is 295 g/mol. The molecule has 1 saturated heterocycles. The zero-order valence-corrected chi connectivity index (χ0v) is 15.3. The summed E-state index contributed by atoms with van der Waals surface area (Å²) in [6.07, 6.45) is 8.13. The van der Waals surface area contributed by atoms with Gasteiger partial charge in [0.05, 0.1) is 0 Å². The topological polar surface area (TPSA) is 15.3 Å². The lowest BCUT2D eigenvalue weighted by atomic mass is 9.73. The molecule has 0 aromatic rings. The minimum Gasteiger partial charge on any atom is -0.308 e. The lowest BCUT2D eigenvalue weighted by Crippen LogP contribution is -2.67. The van der Waals surface area contributed by atoms with Crippen molar-refractivity contribution in [2.75, 3.05) is 13.1 Å². The maximum Gasteiger partial charge on any atom is 0.0304 e. The van der Waals surface area contributed by atoms with Crippen molar-refractivity contribution >= 4 is 0 Å². The van der Waals surface area contributed by atoms with Crippen molar-refractivity contribution in [2.24, 2.45) is 11.3 Å². The summed E-state index contributed by atoms with van der Waals surface area (Å²) in [7, 11) is 0. The lowest BCUT2D eigenvalue weighted by molar-refractivity contribution is -0.0133. The quantitative estimate of drug-likeness (QED) is 0.824. The van der Waals surface area contributed by atoms with Gasteiger partial charge in [-0.2, -0.15) is 0 Å². The zero-order valence-electron chi connectivity index (χ0n) is 15.3. The number of piperazine rings is 1. The van der Waals surface area contributed by atoms with E-state index in [9.17, 15) is 0 Å². The van der Waals surface area contributed by atoms with Crippen LogP contribution >= 0.6 is 0 Å². The third kappa shape index (κ3) is 3.82. The van der Waals surface area contributed by atoms with E-state index < -0.39 is 0 Å². The van der Waals surface area contributed by atoms with Crippen LogP contribution in [0.5, 0.6) is 0 Å². The van der Waals surface area contributed by atoms with E-state index in [0.717, 1.165) is 18.0 Å². The van der Waals surface area contributed by atoms with Gasteiger partial charge in [0.1, 0.15) is 0 Å². The Morgan fingerprint density at radius 1 is 1.19 bits per heavy atom. The molecule has 2 heteroatoms. The van der Waals surface area contributed by atoms with Crippen molar-refractivity contribution in [1.29, 1.82) is 0 Å². The Kier molecular flexibility index (Phi) is 5.41. The first-order chi connectivity index (χ1) is 9.82. The van der Waals surface area contributed by atoms with E-state index in [2.05, 4.69) is 51.8 Å². The smallest absolute Gasteiger partial charge is 0.0304 e. The number of rotatable bonds is 4. The average Bonchev–Trinajstić information content (AvgIpc) is 2.45. The minimum absolute atomic E-state index is 0.354. The first-order valence-electron chi connectivity index (χ1n) is 9.33.